The van der Waals surface area contributed by atoms with Gasteiger partial charge in [0.25, 0.3) is 5.91 Å². The van der Waals surface area contributed by atoms with Crippen molar-refractivity contribution in [2.45, 2.75) is 19.4 Å². The molecule has 6 nitrogen and oxygen atoms in total. The van der Waals surface area contributed by atoms with E-state index in [0.717, 1.165) is 23.6 Å². The van der Waals surface area contributed by atoms with Crippen molar-refractivity contribution in [3.05, 3.63) is 78.0 Å². The predicted octanol–water partition coefficient (Wildman–Crippen LogP) is 3.51. The van der Waals surface area contributed by atoms with Gasteiger partial charge in [-0.2, -0.15) is 0 Å². The van der Waals surface area contributed by atoms with Crippen molar-refractivity contribution in [3.8, 4) is 0 Å². The van der Waals surface area contributed by atoms with E-state index < -0.39 is 0 Å². The third-order valence-electron chi connectivity index (χ3n) is 4.41. The lowest BCUT2D eigenvalue weighted by atomic mass is 9.98. The molecular formula is C20H19N5O. The van der Waals surface area contributed by atoms with E-state index in [1.54, 1.807) is 18.3 Å². The highest BCUT2D eigenvalue weighted by Gasteiger charge is 2.35. The monoisotopic (exact) mass is 345 g/mol. The molecule has 1 saturated heterocycles. The molecular weight excluding hydrogens is 326 g/mol. The molecule has 0 bridgehead atoms. The predicted molar refractivity (Wildman–Crippen MR) is 99.1 cm³/mol. The molecule has 0 unspecified atom stereocenters. The van der Waals surface area contributed by atoms with Crippen LogP contribution in [-0.4, -0.2) is 32.3 Å². The van der Waals surface area contributed by atoms with Crippen LogP contribution in [0, 0.1) is 6.92 Å². The van der Waals surface area contributed by atoms with Crippen molar-refractivity contribution in [1.29, 1.82) is 0 Å². The van der Waals surface area contributed by atoms with Gasteiger partial charge in [-0.05, 0) is 37.6 Å². The standard InChI is InChI=1S/C20H19N5O/c1-14-22-17(13-19(23-14)24-15-7-3-2-4-8-15)18-10-12-25(18)20(26)16-9-5-6-11-21-16/h2-9,11,13,18H,10,12H2,1H3,(H,22,23,24)/t18-/m1/s1. The van der Waals surface area contributed by atoms with Crippen LogP contribution in [-0.2, 0) is 0 Å². The van der Waals surface area contributed by atoms with Crippen molar-refractivity contribution < 1.29 is 4.79 Å². The van der Waals surface area contributed by atoms with Crippen LogP contribution in [0.3, 0.4) is 0 Å². The van der Waals surface area contributed by atoms with Gasteiger partial charge in [0.05, 0.1) is 11.7 Å². The molecule has 3 aromatic rings. The van der Waals surface area contributed by atoms with Crippen LogP contribution in [0.1, 0.15) is 34.5 Å². The number of anilines is 2. The Labute approximate surface area is 151 Å². The number of amides is 1. The van der Waals surface area contributed by atoms with E-state index in [1.807, 2.05) is 54.3 Å². The van der Waals surface area contributed by atoms with Gasteiger partial charge in [-0.15, -0.1) is 0 Å². The maximum atomic E-state index is 12.7. The first-order valence-electron chi connectivity index (χ1n) is 8.60. The van der Waals surface area contributed by atoms with E-state index in [4.69, 9.17) is 0 Å². The molecule has 1 aromatic carbocycles. The smallest absolute Gasteiger partial charge is 0.273 e. The molecule has 0 radical (unpaired) electrons. The second kappa shape index (κ2) is 6.92. The van der Waals surface area contributed by atoms with Crippen molar-refractivity contribution in [1.82, 2.24) is 19.9 Å². The minimum atomic E-state index is -0.0596. The number of carbonyl (C=O) groups is 1. The van der Waals surface area contributed by atoms with Gasteiger partial charge in [-0.25, -0.2) is 9.97 Å². The maximum absolute atomic E-state index is 12.7. The molecule has 4 rings (SSSR count). The first kappa shape index (κ1) is 16.2. The Morgan fingerprint density at radius 1 is 1.12 bits per heavy atom. The van der Waals surface area contributed by atoms with Gasteiger partial charge in [-0.1, -0.05) is 24.3 Å². The summed E-state index contributed by atoms with van der Waals surface area (Å²) in [5, 5.41) is 3.30. The fraction of sp³-hybridized carbons (Fsp3) is 0.200. The molecule has 0 saturated carbocycles. The molecule has 3 heterocycles. The molecule has 26 heavy (non-hydrogen) atoms. The highest BCUT2D eigenvalue weighted by atomic mass is 16.2. The van der Waals surface area contributed by atoms with E-state index in [0.29, 0.717) is 18.1 Å². The van der Waals surface area contributed by atoms with Gasteiger partial charge in [0.2, 0.25) is 0 Å². The zero-order valence-corrected chi connectivity index (χ0v) is 14.5. The molecule has 1 N–H and O–H groups in total. The van der Waals surface area contributed by atoms with Crippen LogP contribution in [0.5, 0.6) is 0 Å². The van der Waals surface area contributed by atoms with Crippen LogP contribution in [0.25, 0.3) is 0 Å². The summed E-state index contributed by atoms with van der Waals surface area (Å²) in [6, 6.07) is 17.1. The molecule has 0 spiro atoms. The van der Waals surface area contributed by atoms with Crippen LogP contribution in [0.4, 0.5) is 11.5 Å². The number of aromatic nitrogens is 3. The summed E-state index contributed by atoms with van der Waals surface area (Å²) in [5.41, 5.74) is 2.28. The summed E-state index contributed by atoms with van der Waals surface area (Å²) in [4.78, 5) is 27.7. The van der Waals surface area contributed by atoms with Crippen molar-refractivity contribution in [3.63, 3.8) is 0 Å². The van der Waals surface area contributed by atoms with Crippen molar-refractivity contribution >= 4 is 17.4 Å². The molecule has 1 atom stereocenters. The number of hydrogen-bond acceptors (Lipinski definition) is 5. The lowest BCUT2D eigenvalue weighted by molar-refractivity contribution is 0.0444. The molecule has 1 aliphatic rings. The number of nitrogens with zero attached hydrogens (tertiary/aromatic N) is 4. The van der Waals surface area contributed by atoms with E-state index >= 15 is 0 Å². The Morgan fingerprint density at radius 3 is 2.62 bits per heavy atom. The quantitative estimate of drug-likeness (QED) is 0.783. The fourth-order valence-corrected chi connectivity index (χ4v) is 3.07. The third-order valence-corrected chi connectivity index (χ3v) is 4.41. The summed E-state index contributed by atoms with van der Waals surface area (Å²) in [6.45, 7) is 2.58. The van der Waals surface area contributed by atoms with Gasteiger partial charge < -0.3 is 10.2 Å². The fourth-order valence-electron chi connectivity index (χ4n) is 3.07. The molecule has 1 amide bonds. The number of hydrogen-bond donors (Lipinski definition) is 1. The Kier molecular flexibility index (Phi) is 4.31. The number of para-hydroxylation sites is 1. The van der Waals surface area contributed by atoms with Gasteiger partial charge in [-0.3, -0.25) is 9.78 Å². The minimum Gasteiger partial charge on any atom is -0.340 e. The Morgan fingerprint density at radius 2 is 1.92 bits per heavy atom. The van der Waals surface area contributed by atoms with E-state index in [-0.39, 0.29) is 11.9 Å². The number of benzene rings is 1. The lowest BCUT2D eigenvalue weighted by Gasteiger charge is -2.40. The zero-order chi connectivity index (χ0) is 17.9. The second-order valence-corrected chi connectivity index (χ2v) is 6.23. The molecule has 130 valence electrons. The van der Waals surface area contributed by atoms with Gasteiger partial charge in [0.15, 0.2) is 0 Å². The summed E-state index contributed by atoms with van der Waals surface area (Å²) in [7, 11) is 0. The largest absolute Gasteiger partial charge is 0.340 e. The average Bonchev–Trinajstić information content (AvgIpc) is 2.62. The van der Waals surface area contributed by atoms with E-state index in [2.05, 4.69) is 20.3 Å². The number of aryl methyl sites for hydroxylation is 1. The highest BCUT2D eigenvalue weighted by Crippen LogP contribution is 2.34. The van der Waals surface area contributed by atoms with Crippen LogP contribution in [0.2, 0.25) is 0 Å². The van der Waals surface area contributed by atoms with Crippen molar-refractivity contribution in [2.75, 3.05) is 11.9 Å². The molecule has 0 aliphatic carbocycles. The van der Waals surface area contributed by atoms with Gasteiger partial charge in [0.1, 0.15) is 17.3 Å². The number of likely N-dealkylation sites (tertiary alicyclic amines) is 1. The molecule has 6 heteroatoms. The second-order valence-electron chi connectivity index (χ2n) is 6.23. The number of carbonyl (C=O) groups excluding carboxylic acids is 1. The summed E-state index contributed by atoms with van der Waals surface area (Å²) >= 11 is 0. The Balaban J connectivity index is 1.57. The summed E-state index contributed by atoms with van der Waals surface area (Å²) in [6.07, 6.45) is 2.53. The van der Waals surface area contributed by atoms with Crippen molar-refractivity contribution in [2.24, 2.45) is 0 Å². The number of rotatable bonds is 4. The average molecular weight is 345 g/mol. The maximum Gasteiger partial charge on any atom is 0.273 e. The zero-order valence-electron chi connectivity index (χ0n) is 14.5. The van der Waals surface area contributed by atoms with Gasteiger partial charge >= 0.3 is 0 Å². The number of pyridine rings is 1. The lowest BCUT2D eigenvalue weighted by Crippen LogP contribution is -2.45. The van der Waals surface area contributed by atoms with Crippen LogP contribution < -0.4 is 5.32 Å². The summed E-state index contributed by atoms with van der Waals surface area (Å²) < 4.78 is 0. The third kappa shape index (κ3) is 3.26. The number of nitrogens with one attached hydrogen (secondary N) is 1. The molecule has 1 fully saturated rings. The Bertz CT molecular complexity index is 914. The molecule has 1 aliphatic heterocycles. The van der Waals surface area contributed by atoms with E-state index in [1.165, 1.54) is 0 Å². The normalized spacial score (nSPS) is 16.0. The van der Waals surface area contributed by atoms with E-state index in [9.17, 15) is 4.79 Å². The SMILES string of the molecule is Cc1nc(Nc2ccccc2)cc([C@H]2CCN2C(=O)c2ccccn2)n1. The topological polar surface area (TPSA) is 71.0 Å². The minimum absolute atomic E-state index is 0.0393. The Hall–Kier alpha value is -3.28. The van der Waals surface area contributed by atoms with Gasteiger partial charge in [0, 0.05) is 24.5 Å². The van der Waals surface area contributed by atoms with Crippen LogP contribution in [0.15, 0.2) is 60.8 Å². The first-order valence-corrected chi connectivity index (χ1v) is 8.60. The van der Waals surface area contributed by atoms with Crippen LogP contribution >= 0.6 is 0 Å². The summed E-state index contributed by atoms with van der Waals surface area (Å²) in [5.74, 6) is 1.35. The molecule has 2 aromatic heterocycles. The highest BCUT2D eigenvalue weighted by molar-refractivity contribution is 5.93. The first-order chi connectivity index (χ1) is 12.7.